The van der Waals surface area contributed by atoms with Crippen LogP contribution in [0.2, 0.25) is 5.02 Å². The summed E-state index contributed by atoms with van der Waals surface area (Å²) >= 11 is 5.78. The molecule has 0 aliphatic rings. The first kappa shape index (κ1) is 14.8. The van der Waals surface area contributed by atoms with E-state index in [4.69, 9.17) is 21.6 Å². The van der Waals surface area contributed by atoms with Crippen molar-refractivity contribution in [1.29, 1.82) is 5.26 Å². The van der Waals surface area contributed by atoms with Crippen molar-refractivity contribution in [3.8, 4) is 23.1 Å². The van der Waals surface area contributed by atoms with Crippen molar-refractivity contribution in [1.82, 2.24) is 15.4 Å². The molecule has 1 heterocycles. The predicted octanol–water partition coefficient (Wildman–Crippen LogP) is 3.22. The zero-order chi connectivity index (χ0) is 16.2. The minimum Gasteiger partial charge on any atom is -0.423 e. The number of H-pyrrole nitrogens is 1. The topological polar surface area (TPSA) is 91.7 Å². The molecular weight excluding hydrogens is 316 g/mol. The Balaban J connectivity index is 1.76. The predicted molar refractivity (Wildman–Crippen MR) is 82.9 cm³/mol. The van der Waals surface area contributed by atoms with Crippen LogP contribution in [0.15, 0.2) is 48.5 Å². The van der Waals surface area contributed by atoms with Crippen LogP contribution in [0.3, 0.4) is 0 Å². The Morgan fingerprint density at radius 2 is 1.83 bits per heavy atom. The van der Waals surface area contributed by atoms with Gasteiger partial charge < -0.3 is 4.74 Å². The Hall–Kier alpha value is -3.17. The smallest absolute Gasteiger partial charge is 0.343 e. The number of ether oxygens (including phenoxy) is 1. The number of carbonyl (C=O) groups is 1. The van der Waals surface area contributed by atoms with Crippen molar-refractivity contribution in [2.45, 2.75) is 0 Å². The minimum absolute atomic E-state index is 0.274. The van der Waals surface area contributed by atoms with Gasteiger partial charge in [0.25, 0.3) is 0 Å². The van der Waals surface area contributed by atoms with Crippen LogP contribution >= 0.6 is 11.6 Å². The molecule has 0 saturated carbocycles. The highest BCUT2D eigenvalue weighted by Crippen LogP contribution is 2.23. The monoisotopic (exact) mass is 324 g/mol. The van der Waals surface area contributed by atoms with E-state index in [0.29, 0.717) is 27.6 Å². The van der Waals surface area contributed by atoms with Gasteiger partial charge in [-0.15, -0.1) is 5.10 Å². The Labute approximate surface area is 136 Å². The molecule has 0 radical (unpaired) electrons. The summed E-state index contributed by atoms with van der Waals surface area (Å²) in [6.45, 7) is 0. The SMILES string of the molecule is N#Cc1[nH]nnc1-c1ccc(OC(=O)c2ccc(Cl)cc2)cc1. The number of nitrogens with zero attached hydrogens (tertiary/aromatic N) is 3. The second-order valence-corrected chi connectivity index (χ2v) is 5.00. The lowest BCUT2D eigenvalue weighted by molar-refractivity contribution is 0.0735. The van der Waals surface area contributed by atoms with E-state index in [9.17, 15) is 4.79 Å². The summed E-state index contributed by atoms with van der Waals surface area (Å²) in [5.74, 6) is -0.0933. The molecule has 0 spiro atoms. The van der Waals surface area contributed by atoms with Gasteiger partial charge in [0.15, 0.2) is 5.69 Å². The first-order chi connectivity index (χ1) is 11.2. The van der Waals surface area contributed by atoms with Crippen LogP contribution in [0.4, 0.5) is 0 Å². The summed E-state index contributed by atoms with van der Waals surface area (Å²) in [4.78, 5) is 12.0. The maximum Gasteiger partial charge on any atom is 0.343 e. The molecule has 0 aliphatic carbocycles. The Morgan fingerprint density at radius 1 is 1.13 bits per heavy atom. The Kier molecular flexibility index (Phi) is 4.04. The van der Waals surface area contributed by atoms with Crippen molar-refractivity contribution >= 4 is 17.6 Å². The summed E-state index contributed by atoms with van der Waals surface area (Å²) in [5.41, 5.74) is 1.82. The van der Waals surface area contributed by atoms with Gasteiger partial charge in [-0.1, -0.05) is 16.8 Å². The summed E-state index contributed by atoms with van der Waals surface area (Å²) in [6.07, 6.45) is 0. The highest BCUT2D eigenvalue weighted by atomic mass is 35.5. The van der Waals surface area contributed by atoms with Crippen molar-refractivity contribution < 1.29 is 9.53 Å². The van der Waals surface area contributed by atoms with Gasteiger partial charge in [-0.2, -0.15) is 5.26 Å². The van der Waals surface area contributed by atoms with Crippen LogP contribution in [0.25, 0.3) is 11.3 Å². The van der Waals surface area contributed by atoms with Crippen LogP contribution in [0.1, 0.15) is 16.1 Å². The third-order valence-corrected chi connectivity index (χ3v) is 3.33. The van der Waals surface area contributed by atoms with Gasteiger partial charge in [0.1, 0.15) is 17.5 Å². The van der Waals surface area contributed by atoms with Crippen LogP contribution in [-0.2, 0) is 0 Å². The maximum absolute atomic E-state index is 12.0. The first-order valence-electron chi connectivity index (χ1n) is 6.56. The van der Waals surface area contributed by atoms with E-state index in [2.05, 4.69) is 15.4 Å². The van der Waals surface area contributed by atoms with Gasteiger partial charge in [-0.3, -0.25) is 0 Å². The van der Waals surface area contributed by atoms with Gasteiger partial charge in [-0.05, 0) is 48.5 Å². The molecule has 0 saturated heterocycles. The second kappa shape index (κ2) is 6.30. The average Bonchev–Trinajstić information content (AvgIpc) is 3.05. The molecule has 0 atom stereocenters. The zero-order valence-electron chi connectivity index (χ0n) is 11.7. The van der Waals surface area contributed by atoms with Crippen molar-refractivity contribution in [2.24, 2.45) is 0 Å². The van der Waals surface area contributed by atoms with E-state index in [1.807, 2.05) is 6.07 Å². The number of halogens is 1. The van der Waals surface area contributed by atoms with Crippen molar-refractivity contribution in [2.75, 3.05) is 0 Å². The normalized spacial score (nSPS) is 10.1. The fraction of sp³-hybridized carbons (Fsp3) is 0. The largest absolute Gasteiger partial charge is 0.423 e. The van der Waals surface area contributed by atoms with Gasteiger partial charge in [0.05, 0.1) is 5.56 Å². The highest BCUT2D eigenvalue weighted by molar-refractivity contribution is 6.30. The lowest BCUT2D eigenvalue weighted by Gasteiger charge is -2.05. The van der Waals surface area contributed by atoms with Crippen LogP contribution < -0.4 is 4.74 Å². The Morgan fingerprint density at radius 3 is 2.48 bits per heavy atom. The quantitative estimate of drug-likeness (QED) is 0.590. The molecule has 6 nitrogen and oxygen atoms in total. The minimum atomic E-state index is -0.478. The van der Waals surface area contributed by atoms with Gasteiger partial charge in [-0.25, -0.2) is 9.89 Å². The van der Waals surface area contributed by atoms with Crippen molar-refractivity contribution in [3.05, 3.63) is 64.8 Å². The number of aromatic amines is 1. The molecule has 1 N–H and O–H groups in total. The summed E-state index contributed by atoms with van der Waals surface area (Å²) in [5, 5.41) is 19.5. The fourth-order valence-electron chi connectivity index (χ4n) is 1.94. The third-order valence-electron chi connectivity index (χ3n) is 3.08. The summed E-state index contributed by atoms with van der Waals surface area (Å²) in [7, 11) is 0. The lowest BCUT2D eigenvalue weighted by Crippen LogP contribution is -2.08. The molecule has 0 unspecified atom stereocenters. The number of benzene rings is 2. The number of nitrogens with one attached hydrogen (secondary N) is 1. The number of esters is 1. The Bertz CT molecular complexity index is 880. The number of hydrogen-bond donors (Lipinski definition) is 1. The van der Waals surface area contributed by atoms with Gasteiger partial charge >= 0.3 is 5.97 Å². The number of aromatic nitrogens is 3. The van der Waals surface area contributed by atoms with Crippen LogP contribution in [0, 0.1) is 11.3 Å². The average molecular weight is 325 g/mol. The standard InChI is InChI=1S/C16H9ClN4O2/c17-12-5-1-11(2-6-12)16(22)23-13-7-3-10(4-8-13)15-14(9-18)19-21-20-15/h1-8H,(H,19,20,21). The van der Waals surface area contributed by atoms with E-state index < -0.39 is 5.97 Å². The summed E-state index contributed by atoms with van der Waals surface area (Å²) < 4.78 is 5.28. The third kappa shape index (κ3) is 3.20. The second-order valence-electron chi connectivity index (χ2n) is 4.57. The molecule has 0 bridgehead atoms. The molecule has 0 amide bonds. The molecule has 7 heteroatoms. The zero-order valence-corrected chi connectivity index (χ0v) is 12.4. The lowest BCUT2D eigenvalue weighted by atomic mass is 10.1. The van der Waals surface area contributed by atoms with Gasteiger partial charge in [0.2, 0.25) is 0 Å². The van der Waals surface area contributed by atoms with E-state index in [0.717, 1.165) is 0 Å². The van der Waals surface area contributed by atoms with Gasteiger partial charge in [0, 0.05) is 10.6 Å². The van der Waals surface area contributed by atoms with E-state index >= 15 is 0 Å². The first-order valence-corrected chi connectivity index (χ1v) is 6.94. The summed E-state index contributed by atoms with van der Waals surface area (Å²) in [6, 6.07) is 15.0. The molecule has 1 aromatic heterocycles. The molecule has 23 heavy (non-hydrogen) atoms. The number of hydrogen-bond acceptors (Lipinski definition) is 5. The molecule has 112 valence electrons. The van der Waals surface area contributed by atoms with E-state index in [-0.39, 0.29) is 5.69 Å². The van der Waals surface area contributed by atoms with E-state index in [1.165, 1.54) is 0 Å². The van der Waals surface area contributed by atoms with Crippen LogP contribution in [-0.4, -0.2) is 21.4 Å². The van der Waals surface area contributed by atoms with Crippen molar-refractivity contribution in [3.63, 3.8) is 0 Å². The maximum atomic E-state index is 12.0. The van der Waals surface area contributed by atoms with Crippen LogP contribution in [0.5, 0.6) is 5.75 Å². The highest BCUT2D eigenvalue weighted by Gasteiger charge is 2.11. The fourth-order valence-corrected chi connectivity index (χ4v) is 2.07. The molecule has 3 aromatic rings. The molecule has 0 fully saturated rings. The molecule has 2 aromatic carbocycles. The molecule has 3 rings (SSSR count). The number of nitriles is 1. The molecular formula is C16H9ClN4O2. The number of carbonyl (C=O) groups excluding carboxylic acids is 1. The number of rotatable bonds is 3. The molecule has 0 aliphatic heterocycles. The van der Waals surface area contributed by atoms with E-state index in [1.54, 1.807) is 48.5 Å².